The standard InChI is InChI=1S/C15H14F3N3O2S2/c1-9(22)24-6-5-12-8-19-14(25-12)21-13(23)20-11-4-2-3-10(7-11)15(16,17)18/h2-4,7-8H,5-6H2,1H3,(H2,19,20,21,23). The zero-order chi connectivity index (χ0) is 18.4. The van der Waals surface area contributed by atoms with Crippen LogP contribution in [0, 0.1) is 0 Å². The number of carbonyl (C=O) groups is 2. The van der Waals surface area contributed by atoms with E-state index in [1.807, 2.05) is 0 Å². The molecule has 0 atom stereocenters. The van der Waals surface area contributed by atoms with E-state index in [4.69, 9.17) is 0 Å². The summed E-state index contributed by atoms with van der Waals surface area (Å²) in [6, 6.07) is 3.67. The zero-order valence-corrected chi connectivity index (χ0v) is 14.6. The zero-order valence-electron chi connectivity index (χ0n) is 13.0. The molecular formula is C15H14F3N3O2S2. The number of benzene rings is 1. The van der Waals surface area contributed by atoms with Gasteiger partial charge < -0.3 is 5.32 Å². The minimum Gasteiger partial charge on any atom is -0.308 e. The number of aryl methyl sites for hydroxylation is 1. The largest absolute Gasteiger partial charge is 0.416 e. The van der Waals surface area contributed by atoms with Gasteiger partial charge in [0.2, 0.25) is 0 Å². The predicted octanol–water partition coefficient (Wildman–Crippen LogP) is 4.63. The fourth-order valence-corrected chi connectivity index (χ4v) is 3.35. The molecule has 0 aliphatic carbocycles. The first-order chi connectivity index (χ1) is 11.7. The second-order valence-electron chi connectivity index (χ2n) is 4.88. The minimum absolute atomic E-state index is 0.0296. The second-order valence-corrected chi connectivity index (χ2v) is 7.27. The van der Waals surface area contributed by atoms with Crippen LogP contribution < -0.4 is 10.6 Å². The summed E-state index contributed by atoms with van der Waals surface area (Å²) in [5.74, 6) is 0.618. The summed E-state index contributed by atoms with van der Waals surface area (Å²) in [4.78, 5) is 27.6. The van der Waals surface area contributed by atoms with Crippen molar-refractivity contribution in [3.05, 3.63) is 40.9 Å². The molecule has 0 radical (unpaired) electrons. The molecule has 0 saturated heterocycles. The first kappa shape index (κ1) is 19.3. The van der Waals surface area contributed by atoms with Crippen molar-refractivity contribution in [1.82, 2.24) is 4.98 Å². The number of rotatable bonds is 5. The molecule has 0 aliphatic rings. The van der Waals surface area contributed by atoms with Crippen LogP contribution in [0.4, 0.5) is 28.8 Å². The Morgan fingerprint density at radius 1 is 1.28 bits per heavy atom. The second kappa shape index (κ2) is 8.34. The Labute approximate surface area is 150 Å². The number of alkyl halides is 3. The van der Waals surface area contributed by atoms with Gasteiger partial charge >= 0.3 is 12.2 Å². The van der Waals surface area contributed by atoms with Crippen LogP contribution >= 0.6 is 23.1 Å². The number of hydrogen-bond acceptors (Lipinski definition) is 5. The summed E-state index contributed by atoms with van der Waals surface area (Å²) < 4.78 is 37.9. The molecule has 2 amide bonds. The van der Waals surface area contributed by atoms with E-state index in [0.29, 0.717) is 17.3 Å². The molecule has 1 aromatic carbocycles. The summed E-state index contributed by atoms with van der Waals surface area (Å²) in [6.45, 7) is 1.49. The van der Waals surface area contributed by atoms with Crippen LogP contribution in [-0.4, -0.2) is 21.9 Å². The van der Waals surface area contributed by atoms with Gasteiger partial charge in [0.15, 0.2) is 10.2 Å². The average Bonchev–Trinajstić information content (AvgIpc) is 2.93. The van der Waals surface area contributed by atoms with Gasteiger partial charge in [0.05, 0.1) is 5.56 Å². The van der Waals surface area contributed by atoms with E-state index < -0.39 is 17.8 Å². The van der Waals surface area contributed by atoms with Gasteiger partial charge in [0.1, 0.15) is 0 Å². The van der Waals surface area contributed by atoms with Crippen molar-refractivity contribution in [2.75, 3.05) is 16.4 Å². The van der Waals surface area contributed by atoms with Crippen LogP contribution in [0.3, 0.4) is 0 Å². The molecule has 1 aromatic heterocycles. The number of halogens is 3. The number of urea groups is 1. The fourth-order valence-electron chi connectivity index (χ4n) is 1.81. The first-order valence-electron chi connectivity index (χ1n) is 7.07. The molecule has 2 rings (SSSR count). The lowest BCUT2D eigenvalue weighted by Crippen LogP contribution is -2.19. The molecule has 0 fully saturated rings. The highest BCUT2D eigenvalue weighted by atomic mass is 32.2. The summed E-state index contributed by atoms with van der Waals surface area (Å²) in [5.41, 5.74) is -0.813. The molecule has 0 bridgehead atoms. The maximum absolute atomic E-state index is 12.6. The molecule has 2 aromatic rings. The van der Waals surface area contributed by atoms with E-state index in [1.54, 1.807) is 6.20 Å². The lowest BCUT2D eigenvalue weighted by atomic mass is 10.2. The highest BCUT2D eigenvalue weighted by molar-refractivity contribution is 8.13. The Morgan fingerprint density at radius 3 is 2.72 bits per heavy atom. The summed E-state index contributed by atoms with van der Waals surface area (Å²) in [5, 5.41) is 5.17. The van der Waals surface area contributed by atoms with Crippen molar-refractivity contribution in [1.29, 1.82) is 0 Å². The summed E-state index contributed by atoms with van der Waals surface area (Å²) >= 11 is 2.45. The van der Waals surface area contributed by atoms with Crippen LogP contribution in [0.15, 0.2) is 30.5 Å². The lowest BCUT2D eigenvalue weighted by Gasteiger charge is -2.09. The van der Waals surface area contributed by atoms with Gasteiger partial charge in [-0.2, -0.15) is 13.2 Å². The predicted molar refractivity (Wildman–Crippen MR) is 93.0 cm³/mol. The highest BCUT2D eigenvalue weighted by Crippen LogP contribution is 2.30. The van der Waals surface area contributed by atoms with E-state index in [2.05, 4.69) is 15.6 Å². The number of nitrogens with one attached hydrogen (secondary N) is 2. The van der Waals surface area contributed by atoms with Crippen LogP contribution in [0.1, 0.15) is 17.4 Å². The smallest absolute Gasteiger partial charge is 0.308 e. The van der Waals surface area contributed by atoms with Gasteiger partial charge in [-0.25, -0.2) is 9.78 Å². The van der Waals surface area contributed by atoms with Gasteiger partial charge in [-0.15, -0.1) is 11.3 Å². The summed E-state index contributed by atoms with van der Waals surface area (Å²) in [7, 11) is 0. The van der Waals surface area contributed by atoms with E-state index in [1.165, 1.54) is 42.2 Å². The maximum atomic E-state index is 12.6. The van der Waals surface area contributed by atoms with Crippen molar-refractivity contribution in [3.63, 3.8) is 0 Å². The number of anilines is 2. The molecule has 25 heavy (non-hydrogen) atoms. The van der Waals surface area contributed by atoms with Gasteiger partial charge in [0, 0.05) is 29.4 Å². The molecule has 10 heteroatoms. The number of nitrogens with zero attached hydrogens (tertiary/aromatic N) is 1. The number of thioether (sulfide) groups is 1. The van der Waals surface area contributed by atoms with Crippen LogP contribution in [0.5, 0.6) is 0 Å². The topological polar surface area (TPSA) is 71.1 Å². The molecule has 5 nitrogen and oxygen atoms in total. The lowest BCUT2D eigenvalue weighted by molar-refractivity contribution is -0.137. The third-order valence-corrected chi connectivity index (χ3v) is 4.66. The number of thiazole rings is 1. The quantitative estimate of drug-likeness (QED) is 0.782. The molecule has 0 aliphatic heterocycles. The van der Waals surface area contributed by atoms with Crippen LogP contribution in [0.2, 0.25) is 0 Å². The van der Waals surface area contributed by atoms with Crippen molar-refractivity contribution < 1.29 is 22.8 Å². The van der Waals surface area contributed by atoms with Crippen LogP contribution in [0.25, 0.3) is 0 Å². The summed E-state index contributed by atoms with van der Waals surface area (Å²) in [6.07, 6.45) is -2.25. The highest BCUT2D eigenvalue weighted by Gasteiger charge is 2.30. The Kier molecular flexibility index (Phi) is 6.43. The van der Waals surface area contributed by atoms with Crippen LogP contribution in [-0.2, 0) is 17.4 Å². The minimum atomic E-state index is -4.48. The molecule has 0 unspecified atom stereocenters. The van der Waals surface area contributed by atoms with E-state index in [-0.39, 0.29) is 10.8 Å². The molecule has 0 spiro atoms. The van der Waals surface area contributed by atoms with Gasteiger partial charge in [-0.05, 0) is 24.6 Å². The Hall–Kier alpha value is -2.07. The van der Waals surface area contributed by atoms with Crippen molar-refractivity contribution >= 4 is 45.1 Å². The van der Waals surface area contributed by atoms with Gasteiger partial charge in [-0.3, -0.25) is 10.1 Å². The average molecular weight is 389 g/mol. The monoisotopic (exact) mass is 389 g/mol. The van der Waals surface area contributed by atoms with Crippen molar-refractivity contribution in [2.24, 2.45) is 0 Å². The Morgan fingerprint density at radius 2 is 2.04 bits per heavy atom. The van der Waals surface area contributed by atoms with Crippen molar-refractivity contribution in [2.45, 2.75) is 19.5 Å². The van der Waals surface area contributed by atoms with Gasteiger partial charge in [-0.1, -0.05) is 17.8 Å². The molecular weight excluding hydrogens is 375 g/mol. The normalized spacial score (nSPS) is 11.2. The van der Waals surface area contributed by atoms with E-state index >= 15 is 0 Å². The SMILES string of the molecule is CC(=O)SCCc1cnc(NC(=O)Nc2cccc(C(F)(F)F)c2)s1. The number of hydrogen-bond donors (Lipinski definition) is 2. The van der Waals surface area contributed by atoms with Crippen molar-refractivity contribution in [3.8, 4) is 0 Å². The Bertz CT molecular complexity index is 762. The third kappa shape index (κ3) is 6.39. The molecule has 134 valence electrons. The van der Waals surface area contributed by atoms with E-state index in [9.17, 15) is 22.8 Å². The molecule has 2 N–H and O–H groups in total. The fraction of sp³-hybridized carbons (Fsp3) is 0.267. The molecule has 0 saturated carbocycles. The Balaban J connectivity index is 1.90. The van der Waals surface area contributed by atoms with Gasteiger partial charge in [0.25, 0.3) is 0 Å². The number of carbonyl (C=O) groups excluding carboxylic acids is 2. The first-order valence-corrected chi connectivity index (χ1v) is 8.87. The maximum Gasteiger partial charge on any atom is 0.416 e. The third-order valence-electron chi connectivity index (χ3n) is 2.88. The number of amides is 2. The number of aromatic nitrogens is 1. The molecule has 1 heterocycles. The van der Waals surface area contributed by atoms with E-state index in [0.717, 1.165) is 17.0 Å².